The minimum Gasteiger partial charge on any atom is -0.368 e. The van der Waals surface area contributed by atoms with E-state index < -0.39 is 0 Å². The summed E-state index contributed by atoms with van der Waals surface area (Å²) < 4.78 is 0. The molecule has 0 unspecified atom stereocenters. The molecule has 2 heterocycles. The number of carbonyl (C=O) groups excluding carboxylic acids is 1. The second-order valence-electron chi connectivity index (χ2n) is 7.71. The molecule has 27 heavy (non-hydrogen) atoms. The van der Waals surface area contributed by atoms with Crippen LogP contribution >= 0.6 is 0 Å². The number of nitrogens with one attached hydrogen (secondary N) is 1. The largest absolute Gasteiger partial charge is 0.368 e. The van der Waals surface area contributed by atoms with Crippen LogP contribution in [0.2, 0.25) is 0 Å². The van der Waals surface area contributed by atoms with E-state index >= 15 is 0 Å². The average molecular weight is 364 g/mol. The Hall–Kier alpha value is -2.56. The summed E-state index contributed by atoms with van der Waals surface area (Å²) in [5, 5.41) is 2.94. The van der Waals surface area contributed by atoms with E-state index in [1.807, 2.05) is 12.3 Å². The quantitative estimate of drug-likeness (QED) is 0.897. The number of carbonyl (C=O) groups is 1. The van der Waals surface area contributed by atoms with E-state index in [1.165, 1.54) is 23.2 Å². The number of benzene rings is 1. The van der Waals surface area contributed by atoms with Gasteiger partial charge in [-0.05, 0) is 56.0 Å². The molecule has 2 aliphatic rings. The van der Waals surface area contributed by atoms with Crippen LogP contribution in [0.25, 0.3) is 0 Å². The predicted molar refractivity (Wildman–Crippen MR) is 111 cm³/mol. The highest BCUT2D eigenvalue weighted by Gasteiger charge is 2.25. The van der Waals surface area contributed by atoms with E-state index in [4.69, 9.17) is 0 Å². The molecule has 142 valence electrons. The molecular formula is C22H28N4O. The lowest BCUT2D eigenvalue weighted by Crippen LogP contribution is -2.46. The summed E-state index contributed by atoms with van der Waals surface area (Å²) in [6.45, 7) is 8.34. The third-order valence-electron chi connectivity index (χ3n) is 6.04. The van der Waals surface area contributed by atoms with Crippen molar-refractivity contribution in [3.05, 3.63) is 47.7 Å². The molecule has 1 aromatic heterocycles. The molecule has 0 spiro atoms. The van der Waals surface area contributed by atoms with Gasteiger partial charge in [-0.2, -0.15) is 0 Å². The first-order chi connectivity index (χ1) is 13.1. The Kier molecular flexibility index (Phi) is 5.01. The van der Waals surface area contributed by atoms with E-state index in [0.29, 0.717) is 5.82 Å². The summed E-state index contributed by atoms with van der Waals surface area (Å²) in [4.78, 5) is 21.3. The number of hydrogen-bond donors (Lipinski definition) is 1. The molecule has 1 aliphatic heterocycles. The van der Waals surface area contributed by atoms with E-state index in [0.717, 1.165) is 44.7 Å². The van der Waals surface area contributed by atoms with Crippen LogP contribution in [0.1, 0.15) is 30.4 Å². The molecule has 5 heteroatoms. The molecule has 2 fully saturated rings. The summed E-state index contributed by atoms with van der Waals surface area (Å²) >= 11 is 0. The molecule has 0 radical (unpaired) electrons. The van der Waals surface area contributed by atoms with Gasteiger partial charge in [0.15, 0.2) is 0 Å². The van der Waals surface area contributed by atoms with E-state index in [2.05, 4.69) is 58.2 Å². The third kappa shape index (κ3) is 3.77. The maximum atomic E-state index is 12.0. The maximum absolute atomic E-state index is 12.0. The molecule has 5 nitrogen and oxygen atoms in total. The fraction of sp³-hybridized carbons (Fsp3) is 0.455. The lowest BCUT2D eigenvalue weighted by atomic mass is 9.85. The summed E-state index contributed by atoms with van der Waals surface area (Å²) in [5.74, 6) is 0.956. The van der Waals surface area contributed by atoms with Gasteiger partial charge < -0.3 is 15.1 Å². The monoisotopic (exact) mass is 364 g/mol. The fourth-order valence-corrected chi connectivity index (χ4v) is 3.83. The molecular weight excluding hydrogens is 336 g/mol. The number of rotatable bonds is 4. The number of hydrogen-bond acceptors (Lipinski definition) is 4. The first-order valence-electron chi connectivity index (χ1n) is 9.95. The van der Waals surface area contributed by atoms with Gasteiger partial charge in [0, 0.05) is 37.8 Å². The molecule has 4 rings (SSSR count). The van der Waals surface area contributed by atoms with Crippen LogP contribution in [-0.4, -0.2) is 37.1 Å². The first-order valence-corrected chi connectivity index (χ1v) is 9.95. The normalized spacial score (nSPS) is 17.6. The van der Waals surface area contributed by atoms with Crippen LogP contribution < -0.4 is 15.1 Å². The van der Waals surface area contributed by atoms with Crippen LogP contribution in [0.4, 0.5) is 17.2 Å². The van der Waals surface area contributed by atoms with Crippen LogP contribution in [0.5, 0.6) is 0 Å². The second kappa shape index (κ2) is 7.59. The first kappa shape index (κ1) is 17.8. The van der Waals surface area contributed by atoms with Crippen molar-refractivity contribution in [3.8, 4) is 0 Å². The van der Waals surface area contributed by atoms with E-state index in [-0.39, 0.29) is 11.8 Å². The van der Waals surface area contributed by atoms with Gasteiger partial charge in [0.2, 0.25) is 5.91 Å². The van der Waals surface area contributed by atoms with Gasteiger partial charge >= 0.3 is 0 Å². The van der Waals surface area contributed by atoms with Crippen LogP contribution in [0.3, 0.4) is 0 Å². The summed E-state index contributed by atoms with van der Waals surface area (Å²) in [7, 11) is 0. The highest BCUT2D eigenvalue weighted by molar-refractivity contribution is 5.92. The summed E-state index contributed by atoms with van der Waals surface area (Å²) in [5.41, 5.74) is 5.19. The van der Waals surface area contributed by atoms with Gasteiger partial charge in [-0.3, -0.25) is 4.79 Å². The zero-order chi connectivity index (χ0) is 18.8. The molecule has 1 N–H and O–H groups in total. The Balaban J connectivity index is 1.35. The lowest BCUT2D eigenvalue weighted by Gasteiger charge is -2.38. The van der Waals surface area contributed by atoms with Crippen molar-refractivity contribution in [2.24, 2.45) is 5.92 Å². The Bertz CT molecular complexity index is 806. The summed E-state index contributed by atoms with van der Waals surface area (Å²) in [6.07, 6.45) is 5.06. The SMILES string of the molecule is Cc1cccc(N2CCN(c3ccc(NC(=O)C4CCC4)nc3)CC2)c1C. The second-order valence-corrected chi connectivity index (χ2v) is 7.71. The minimum absolute atomic E-state index is 0.114. The third-order valence-corrected chi connectivity index (χ3v) is 6.04. The number of anilines is 3. The molecule has 1 aliphatic carbocycles. The van der Waals surface area contributed by atoms with E-state index in [9.17, 15) is 4.79 Å². The molecule has 1 aromatic carbocycles. The average Bonchev–Trinajstić information content (AvgIpc) is 2.63. The molecule has 1 saturated heterocycles. The van der Waals surface area contributed by atoms with Crippen molar-refractivity contribution in [1.29, 1.82) is 0 Å². The number of aromatic nitrogens is 1. The lowest BCUT2D eigenvalue weighted by molar-refractivity contribution is -0.122. The Morgan fingerprint density at radius 2 is 1.78 bits per heavy atom. The van der Waals surface area contributed by atoms with Gasteiger partial charge in [-0.15, -0.1) is 0 Å². The van der Waals surface area contributed by atoms with Crippen LogP contribution in [0.15, 0.2) is 36.5 Å². The highest BCUT2D eigenvalue weighted by atomic mass is 16.2. The van der Waals surface area contributed by atoms with Crippen molar-refractivity contribution < 1.29 is 4.79 Å². The number of nitrogens with zero attached hydrogens (tertiary/aromatic N) is 3. The smallest absolute Gasteiger partial charge is 0.228 e. The van der Waals surface area contributed by atoms with Gasteiger partial charge in [0.05, 0.1) is 11.9 Å². The van der Waals surface area contributed by atoms with Crippen molar-refractivity contribution in [2.75, 3.05) is 41.3 Å². The van der Waals surface area contributed by atoms with Gasteiger partial charge in [0.25, 0.3) is 0 Å². The van der Waals surface area contributed by atoms with Crippen molar-refractivity contribution in [3.63, 3.8) is 0 Å². The zero-order valence-corrected chi connectivity index (χ0v) is 16.2. The zero-order valence-electron chi connectivity index (χ0n) is 16.2. The Labute approximate surface area is 161 Å². The molecule has 1 amide bonds. The van der Waals surface area contributed by atoms with Gasteiger partial charge in [0.1, 0.15) is 5.82 Å². The number of amides is 1. The van der Waals surface area contributed by atoms with Crippen molar-refractivity contribution in [2.45, 2.75) is 33.1 Å². The van der Waals surface area contributed by atoms with Crippen molar-refractivity contribution in [1.82, 2.24) is 4.98 Å². The molecule has 2 aromatic rings. The summed E-state index contributed by atoms with van der Waals surface area (Å²) in [6, 6.07) is 10.5. The standard InChI is InChI=1S/C22H28N4O/c1-16-5-3-8-20(17(16)2)26-13-11-25(12-14-26)19-9-10-21(23-15-19)24-22(27)18-6-4-7-18/h3,5,8-10,15,18H,4,6-7,11-14H2,1-2H3,(H,23,24,27). The topological polar surface area (TPSA) is 48.5 Å². The van der Waals surface area contributed by atoms with Crippen molar-refractivity contribution >= 4 is 23.1 Å². The number of piperazine rings is 1. The number of pyridine rings is 1. The molecule has 0 bridgehead atoms. The molecule has 1 saturated carbocycles. The highest BCUT2D eigenvalue weighted by Crippen LogP contribution is 2.28. The maximum Gasteiger partial charge on any atom is 0.228 e. The Morgan fingerprint density at radius 1 is 1.04 bits per heavy atom. The number of aryl methyl sites for hydroxylation is 1. The van der Waals surface area contributed by atoms with Gasteiger partial charge in [-0.1, -0.05) is 18.6 Å². The van der Waals surface area contributed by atoms with Gasteiger partial charge in [-0.25, -0.2) is 4.98 Å². The van der Waals surface area contributed by atoms with Crippen LogP contribution in [0, 0.1) is 19.8 Å². The van der Waals surface area contributed by atoms with E-state index in [1.54, 1.807) is 0 Å². The molecule has 0 atom stereocenters. The fourth-order valence-electron chi connectivity index (χ4n) is 3.83. The Morgan fingerprint density at radius 3 is 2.41 bits per heavy atom. The minimum atomic E-state index is 0.114. The van der Waals surface area contributed by atoms with Crippen LogP contribution in [-0.2, 0) is 4.79 Å². The predicted octanol–water partition coefficient (Wildman–Crippen LogP) is 3.76.